The van der Waals surface area contributed by atoms with Gasteiger partial charge in [0.2, 0.25) is 5.91 Å². The van der Waals surface area contributed by atoms with Gasteiger partial charge in [-0.05, 0) is 35.9 Å². The van der Waals surface area contributed by atoms with Crippen LogP contribution in [-0.4, -0.2) is 12.5 Å². The number of benzene rings is 2. The lowest BCUT2D eigenvalue weighted by Gasteiger charge is -2.16. The summed E-state index contributed by atoms with van der Waals surface area (Å²) < 4.78 is 0. The van der Waals surface area contributed by atoms with E-state index >= 15 is 0 Å². The summed E-state index contributed by atoms with van der Waals surface area (Å²) >= 11 is 7.89. The Morgan fingerprint density at radius 3 is 2.48 bits per heavy atom. The minimum absolute atomic E-state index is 0.0775. The van der Waals surface area contributed by atoms with Crippen LogP contribution in [0.2, 0.25) is 5.02 Å². The average molecular weight is 321 g/mol. The molecule has 0 saturated carbocycles. The van der Waals surface area contributed by atoms with Crippen molar-refractivity contribution in [3.05, 3.63) is 59.1 Å². The minimum atomic E-state index is -0.0775. The predicted molar refractivity (Wildman–Crippen MR) is 89.9 cm³/mol. The Morgan fingerprint density at radius 2 is 1.90 bits per heavy atom. The molecular weight excluding hydrogens is 304 g/mol. The molecule has 110 valence electrons. The van der Waals surface area contributed by atoms with E-state index < -0.39 is 0 Å². The van der Waals surface area contributed by atoms with E-state index in [0.29, 0.717) is 6.54 Å². The summed E-state index contributed by atoms with van der Waals surface area (Å²) in [6, 6.07) is 15.4. The molecule has 5 heteroatoms. The molecule has 3 N–H and O–H groups in total. The van der Waals surface area contributed by atoms with Gasteiger partial charge in [0.25, 0.3) is 0 Å². The first-order valence-electron chi connectivity index (χ1n) is 6.59. The average Bonchev–Trinajstić information content (AvgIpc) is 2.47. The Bertz CT molecular complexity index is 616. The third-order valence-corrected chi connectivity index (χ3v) is 4.54. The smallest absolute Gasteiger partial charge is 0.221 e. The summed E-state index contributed by atoms with van der Waals surface area (Å²) in [6.45, 7) is 1.99. The van der Waals surface area contributed by atoms with E-state index in [1.165, 1.54) is 6.92 Å². The van der Waals surface area contributed by atoms with Crippen LogP contribution in [0.4, 0.5) is 5.69 Å². The first kappa shape index (κ1) is 15.9. The van der Waals surface area contributed by atoms with Gasteiger partial charge in [-0.3, -0.25) is 4.79 Å². The highest BCUT2D eigenvalue weighted by molar-refractivity contribution is 7.99. The molecular formula is C16H17ClN2OS. The van der Waals surface area contributed by atoms with Crippen LogP contribution >= 0.6 is 23.4 Å². The van der Waals surface area contributed by atoms with Crippen molar-refractivity contribution in [3.8, 4) is 0 Å². The molecule has 0 bridgehead atoms. The second-order valence-corrected chi connectivity index (χ2v) is 6.25. The first-order chi connectivity index (χ1) is 10.1. The third kappa shape index (κ3) is 4.49. The van der Waals surface area contributed by atoms with Gasteiger partial charge in [-0.2, -0.15) is 0 Å². The summed E-state index contributed by atoms with van der Waals surface area (Å²) in [4.78, 5) is 12.1. The molecule has 1 atom stereocenters. The van der Waals surface area contributed by atoms with Gasteiger partial charge in [-0.15, -0.1) is 11.8 Å². The standard InChI is InChI=1S/C16H17ClN2OS/c1-11(20)19-12-6-8-13(9-7-12)21-16(10-18)14-4-2-3-5-15(14)17/h2-9,16H,10,18H2,1H3,(H,19,20). The molecule has 1 unspecified atom stereocenters. The van der Waals surface area contributed by atoms with Gasteiger partial charge >= 0.3 is 0 Å². The topological polar surface area (TPSA) is 55.1 Å². The second-order valence-electron chi connectivity index (χ2n) is 4.57. The molecule has 21 heavy (non-hydrogen) atoms. The largest absolute Gasteiger partial charge is 0.329 e. The molecule has 0 saturated heterocycles. The molecule has 0 aliphatic rings. The summed E-state index contributed by atoms with van der Waals surface area (Å²) in [5, 5.41) is 3.58. The van der Waals surface area contributed by atoms with Crippen LogP contribution in [0, 0.1) is 0 Å². The zero-order chi connectivity index (χ0) is 15.2. The Morgan fingerprint density at radius 1 is 1.24 bits per heavy atom. The molecule has 0 radical (unpaired) electrons. The number of nitrogens with two attached hydrogens (primary N) is 1. The van der Waals surface area contributed by atoms with E-state index in [4.69, 9.17) is 17.3 Å². The Balaban J connectivity index is 2.12. The van der Waals surface area contributed by atoms with Crippen LogP contribution in [0.3, 0.4) is 0 Å². The van der Waals surface area contributed by atoms with Crippen molar-refractivity contribution in [1.29, 1.82) is 0 Å². The highest BCUT2D eigenvalue weighted by Gasteiger charge is 2.14. The van der Waals surface area contributed by atoms with E-state index in [2.05, 4.69) is 5.32 Å². The van der Waals surface area contributed by atoms with Gasteiger partial charge in [-0.1, -0.05) is 29.8 Å². The number of hydrogen-bond donors (Lipinski definition) is 2. The Hall–Kier alpha value is -1.49. The number of carbonyl (C=O) groups is 1. The maximum Gasteiger partial charge on any atom is 0.221 e. The molecule has 0 aliphatic heterocycles. The van der Waals surface area contributed by atoms with Crippen molar-refractivity contribution in [1.82, 2.24) is 0 Å². The number of anilines is 1. The fourth-order valence-corrected chi connectivity index (χ4v) is 3.34. The minimum Gasteiger partial charge on any atom is -0.329 e. The van der Waals surface area contributed by atoms with Crippen molar-refractivity contribution in [2.45, 2.75) is 17.1 Å². The number of thioether (sulfide) groups is 1. The van der Waals surface area contributed by atoms with E-state index in [1.54, 1.807) is 11.8 Å². The molecule has 3 nitrogen and oxygen atoms in total. The first-order valence-corrected chi connectivity index (χ1v) is 7.84. The van der Waals surface area contributed by atoms with Crippen LogP contribution in [-0.2, 0) is 4.79 Å². The molecule has 0 aromatic heterocycles. The lowest BCUT2D eigenvalue weighted by atomic mass is 10.1. The van der Waals surface area contributed by atoms with Crippen LogP contribution in [0.5, 0.6) is 0 Å². The summed E-state index contributed by atoms with van der Waals surface area (Å²) in [7, 11) is 0. The quantitative estimate of drug-likeness (QED) is 0.816. The molecule has 0 heterocycles. The third-order valence-electron chi connectivity index (χ3n) is 2.92. The SMILES string of the molecule is CC(=O)Nc1ccc(SC(CN)c2ccccc2Cl)cc1. The molecule has 0 fully saturated rings. The van der Waals surface area contributed by atoms with Crippen LogP contribution in [0.1, 0.15) is 17.7 Å². The lowest BCUT2D eigenvalue weighted by molar-refractivity contribution is -0.114. The van der Waals surface area contributed by atoms with Gasteiger partial charge < -0.3 is 11.1 Å². The summed E-state index contributed by atoms with van der Waals surface area (Å²) in [6.07, 6.45) is 0. The highest BCUT2D eigenvalue weighted by atomic mass is 35.5. The monoisotopic (exact) mass is 320 g/mol. The number of rotatable bonds is 5. The van der Waals surface area contributed by atoms with Crippen LogP contribution < -0.4 is 11.1 Å². The van der Waals surface area contributed by atoms with Gasteiger partial charge in [0.05, 0.1) is 0 Å². The second kappa shape index (κ2) is 7.50. The Labute approximate surface area is 133 Å². The molecule has 0 spiro atoms. The zero-order valence-corrected chi connectivity index (χ0v) is 13.2. The molecule has 1 amide bonds. The number of halogens is 1. The van der Waals surface area contributed by atoms with Crippen molar-refractivity contribution in [2.75, 3.05) is 11.9 Å². The highest BCUT2D eigenvalue weighted by Crippen LogP contribution is 2.37. The predicted octanol–water partition coefficient (Wildman–Crippen LogP) is 4.09. The van der Waals surface area contributed by atoms with E-state index in [1.807, 2.05) is 48.5 Å². The zero-order valence-electron chi connectivity index (χ0n) is 11.7. The van der Waals surface area contributed by atoms with Gasteiger partial charge in [0.1, 0.15) is 0 Å². The van der Waals surface area contributed by atoms with E-state index in [0.717, 1.165) is 21.2 Å². The van der Waals surface area contributed by atoms with E-state index in [9.17, 15) is 4.79 Å². The number of carbonyl (C=O) groups excluding carboxylic acids is 1. The van der Waals surface area contributed by atoms with Crippen molar-refractivity contribution < 1.29 is 4.79 Å². The number of hydrogen-bond acceptors (Lipinski definition) is 3. The molecule has 2 rings (SSSR count). The summed E-state index contributed by atoms with van der Waals surface area (Å²) in [5.74, 6) is -0.0775. The Kier molecular flexibility index (Phi) is 5.67. The normalized spacial score (nSPS) is 12.0. The number of nitrogens with one attached hydrogen (secondary N) is 1. The van der Waals surface area contributed by atoms with Gasteiger partial charge in [0.15, 0.2) is 0 Å². The lowest BCUT2D eigenvalue weighted by Crippen LogP contribution is -2.09. The molecule has 0 aliphatic carbocycles. The maximum atomic E-state index is 11.0. The van der Waals surface area contributed by atoms with Crippen molar-refractivity contribution in [2.24, 2.45) is 5.73 Å². The van der Waals surface area contributed by atoms with Crippen molar-refractivity contribution >= 4 is 35.0 Å². The molecule has 2 aromatic carbocycles. The van der Waals surface area contributed by atoms with E-state index in [-0.39, 0.29) is 11.2 Å². The van der Waals surface area contributed by atoms with Crippen LogP contribution in [0.15, 0.2) is 53.4 Å². The van der Waals surface area contributed by atoms with Gasteiger partial charge in [-0.25, -0.2) is 0 Å². The van der Waals surface area contributed by atoms with Crippen LogP contribution in [0.25, 0.3) is 0 Å². The van der Waals surface area contributed by atoms with Gasteiger partial charge in [0, 0.05) is 34.3 Å². The summed E-state index contributed by atoms with van der Waals surface area (Å²) in [5.41, 5.74) is 7.71. The fraction of sp³-hybridized carbons (Fsp3) is 0.188. The fourth-order valence-electron chi connectivity index (χ4n) is 1.96. The van der Waals surface area contributed by atoms with Crippen molar-refractivity contribution in [3.63, 3.8) is 0 Å². The maximum absolute atomic E-state index is 11.0. The number of amides is 1. The molecule has 2 aromatic rings.